The minimum Gasteiger partial charge on any atom is -0.482 e. The molecule has 0 aliphatic rings. The highest BCUT2D eigenvalue weighted by atomic mass is 35.5. The van der Waals surface area contributed by atoms with Crippen molar-refractivity contribution in [2.75, 3.05) is 18.5 Å². The number of ether oxygens (including phenoxy) is 2. The third-order valence-electron chi connectivity index (χ3n) is 3.05. The molecular formula is C17H14ClF2NO4. The Kier molecular flexibility index (Phi) is 6.30. The van der Waals surface area contributed by atoms with Gasteiger partial charge in [-0.1, -0.05) is 11.6 Å². The minimum absolute atomic E-state index is 0.339. The normalized spacial score (nSPS) is 10.2. The molecule has 5 nitrogen and oxygen atoms in total. The first kappa shape index (κ1) is 18.7. The van der Waals surface area contributed by atoms with Gasteiger partial charge in [0.1, 0.15) is 17.4 Å². The number of esters is 1. The van der Waals surface area contributed by atoms with Crippen LogP contribution >= 0.6 is 11.6 Å². The molecule has 1 N–H and O–H groups in total. The van der Waals surface area contributed by atoms with Crippen molar-refractivity contribution >= 4 is 29.2 Å². The van der Waals surface area contributed by atoms with Crippen molar-refractivity contribution in [1.82, 2.24) is 0 Å². The maximum atomic E-state index is 13.4. The predicted molar refractivity (Wildman–Crippen MR) is 87.6 cm³/mol. The first-order valence-corrected chi connectivity index (χ1v) is 7.52. The largest absolute Gasteiger partial charge is 0.482 e. The number of rotatable bonds is 6. The zero-order chi connectivity index (χ0) is 18.4. The summed E-state index contributed by atoms with van der Waals surface area (Å²) in [6.45, 7) is 0.712. The Morgan fingerprint density at radius 1 is 1.12 bits per heavy atom. The third kappa shape index (κ3) is 5.72. The zero-order valence-corrected chi connectivity index (χ0v) is 13.9. The molecule has 0 unspecified atom stereocenters. The second-order valence-electron chi connectivity index (χ2n) is 5.03. The number of benzene rings is 2. The number of nitrogens with one attached hydrogen (secondary N) is 1. The highest BCUT2D eigenvalue weighted by Crippen LogP contribution is 2.21. The average molecular weight is 370 g/mol. The van der Waals surface area contributed by atoms with Gasteiger partial charge in [0.25, 0.3) is 5.91 Å². The first-order chi connectivity index (χ1) is 11.8. The van der Waals surface area contributed by atoms with Crippen LogP contribution in [0.15, 0.2) is 36.4 Å². The van der Waals surface area contributed by atoms with E-state index in [2.05, 4.69) is 5.32 Å². The molecule has 2 aromatic carbocycles. The number of carbonyl (C=O) groups is 2. The van der Waals surface area contributed by atoms with Crippen molar-refractivity contribution < 1.29 is 27.8 Å². The van der Waals surface area contributed by atoms with E-state index < -0.39 is 36.7 Å². The lowest BCUT2D eigenvalue weighted by Gasteiger charge is -2.09. The van der Waals surface area contributed by atoms with Crippen molar-refractivity contribution in [2.24, 2.45) is 0 Å². The van der Waals surface area contributed by atoms with Gasteiger partial charge >= 0.3 is 5.97 Å². The van der Waals surface area contributed by atoms with Crippen LogP contribution in [-0.4, -0.2) is 25.1 Å². The molecule has 2 rings (SSSR count). The summed E-state index contributed by atoms with van der Waals surface area (Å²) in [5.41, 5.74) is 0.443. The summed E-state index contributed by atoms with van der Waals surface area (Å²) in [4.78, 5) is 23.2. The molecule has 1 amide bonds. The van der Waals surface area contributed by atoms with Crippen molar-refractivity contribution in [1.29, 1.82) is 0 Å². The van der Waals surface area contributed by atoms with Gasteiger partial charge in [-0.2, -0.15) is 0 Å². The van der Waals surface area contributed by atoms with E-state index in [9.17, 15) is 18.4 Å². The van der Waals surface area contributed by atoms with E-state index in [0.717, 1.165) is 23.8 Å². The molecule has 0 atom stereocenters. The molecule has 0 aromatic heterocycles. The fraction of sp³-hybridized carbons (Fsp3) is 0.176. The Bertz CT molecular complexity index is 798. The third-order valence-corrected chi connectivity index (χ3v) is 3.48. The lowest BCUT2D eigenvalue weighted by Crippen LogP contribution is -2.24. The maximum Gasteiger partial charge on any atom is 0.344 e. The molecule has 0 saturated heterocycles. The van der Waals surface area contributed by atoms with Gasteiger partial charge in [-0.15, -0.1) is 0 Å². The number of aryl methyl sites for hydroxylation is 1. The maximum absolute atomic E-state index is 13.4. The van der Waals surface area contributed by atoms with E-state index in [4.69, 9.17) is 21.1 Å². The Morgan fingerprint density at radius 3 is 2.60 bits per heavy atom. The molecule has 25 heavy (non-hydrogen) atoms. The Labute approximate surface area is 147 Å². The number of hydrogen-bond donors (Lipinski definition) is 1. The molecule has 0 bridgehead atoms. The van der Waals surface area contributed by atoms with Crippen LogP contribution in [0, 0.1) is 18.6 Å². The fourth-order valence-corrected chi connectivity index (χ4v) is 1.93. The van der Waals surface area contributed by atoms with E-state index in [0.29, 0.717) is 10.8 Å². The standard InChI is InChI=1S/C17H14ClF2NO4/c1-10-6-12(3-4-13(10)18)24-9-17(23)25-8-16(22)21-15-7-11(19)2-5-14(15)20/h2-7H,8-9H2,1H3,(H,21,22). The quantitative estimate of drug-likeness (QED) is 0.792. The van der Waals surface area contributed by atoms with Crippen molar-refractivity contribution in [3.05, 3.63) is 58.6 Å². The van der Waals surface area contributed by atoms with Gasteiger partial charge in [0, 0.05) is 11.1 Å². The van der Waals surface area contributed by atoms with E-state index in [1.165, 1.54) is 0 Å². The molecule has 0 radical (unpaired) electrons. The van der Waals surface area contributed by atoms with Crippen LogP contribution in [0.3, 0.4) is 0 Å². The van der Waals surface area contributed by atoms with Crippen LogP contribution in [0.4, 0.5) is 14.5 Å². The predicted octanol–water partition coefficient (Wildman–Crippen LogP) is 3.49. The molecule has 0 spiro atoms. The lowest BCUT2D eigenvalue weighted by atomic mass is 10.2. The van der Waals surface area contributed by atoms with Crippen molar-refractivity contribution in [3.8, 4) is 5.75 Å². The van der Waals surface area contributed by atoms with E-state index >= 15 is 0 Å². The van der Waals surface area contributed by atoms with Crippen LogP contribution in [0.2, 0.25) is 5.02 Å². The second-order valence-corrected chi connectivity index (χ2v) is 5.44. The van der Waals surface area contributed by atoms with Crippen molar-refractivity contribution in [3.63, 3.8) is 0 Å². The molecule has 0 aliphatic carbocycles. The van der Waals surface area contributed by atoms with Crippen LogP contribution in [0.25, 0.3) is 0 Å². The van der Waals surface area contributed by atoms with E-state index in [-0.39, 0.29) is 5.69 Å². The summed E-state index contributed by atoms with van der Waals surface area (Å²) < 4.78 is 36.3. The SMILES string of the molecule is Cc1cc(OCC(=O)OCC(=O)Nc2cc(F)ccc2F)ccc1Cl. The molecular weight excluding hydrogens is 356 g/mol. The topological polar surface area (TPSA) is 64.6 Å². The number of halogens is 3. The summed E-state index contributed by atoms with van der Waals surface area (Å²) in [6.07, 6.45) is 0. The molecule has 8 heteroatoms. The van der Waals surface area contributed by atoms with E-state index in [1.807, 2.05) is 0 Å². The summed E-state index contributed by atoms with van der Waals surface area (Å²) in [6, 6.07) is 7.47. The van der Waals surface area contributed by atoms with Crippen LogP contribution in [-0.2, 0) is 14.3 Å². The Hall–Kier alpha value is -2.67. The fourth-order valence-electron chi connectivity index (χ4n) is 1.82. The van der Waals surface area contributed by atoms with Gasteiger partial charge in [0.2, 0.25) is 0 Å². The van der Waals surface area contributed by atoms with Gasteiger partial charge in [-0.05, 0) is 42.8 Å². The van der Waals surface area contributed by atoms with Gasteiger partial charge < -0.3 is 14.8 Å². The lowest BCUT2D eigenvalue weighted by molar-refractivity contribution is -0.149. The molecule has 0 saturated carbocycles. The molecule has 0 aliphatic heterocycles. The Morgan fingerprint density at radius 2 is 1.88 bits per heavy atom. The zero-order valence-electron chi connectivity index (χ0n) is 13.1. The summed E-state index contributed by atoms with van der Waals surface area (Å²) >= 11 is 5.87. The number of hydrogen-bond acceptors (Lipinski definition) is 4. The van der Waals surface area contributed by atoms with Gasteiger partial charge in [0.15, 0.2) is 13.2 Å². The minimum atomic E-state index is -0.805. The summed E-state index contributed by atoms with van der Waals surface area (Å²) in [5.74, 6) is -2.68. The average Bonchev–Trinajstić information content (AvgIpc) is 2.57. The van der Waals surface area contributed by atoms with Gasteiger partial charge in [0.05, 0.1) is 5.69 Å². The molecule has 0 fully saturated rings. The Balaban J connectivity index is 1.78. The number of carbonyl (C=O) groups excluding carboxylic acids is 2. The van der Waals surface area contributed by atoms with E-state index in [1.54, 1.807) is 25.1 Å². The van der Waals surface area contributed by atoms with Crippen LogP contribution in [0.1, 0.15) is 5.56 Å². The smallest absolute Gasteiger partial charge is 0.344 e. The van der Waals surface area contributed by atoms with Gasteiger partial charge in [-0.3, -0.25) is 4.79 Å². The van der Waals surface area contributed by atoms with Crippen LogP contribution < -0.4 is 10.1 Å². The van der Waals surface area contributed by atoms with Crippen molar-refractivity contribution in [2.45, 2.75) is 6.92 Å². The second kappa shape index (κ2) is 8.43. The first-order valence-electron chi connectivity index (χ1n) is 7.14. The number of anilines is 1. The molecule has 0 heterocycles. The molecule has 2 aromatic rings. The summed E-state index contributed by atoms with van der Waals surface area (Å²) in [7, 11) is 0. The van der Waals surface area contributed by atoms with Gasteiger partial charge in [-0.25, -0.2) is 13.6 Å². The monoisotopic (exact) mass is 369 g/mol. The number of amides is 1. The highest BCUT2D eigenvalue weighted by Gasteiger charge is 2.12. The summed E-state index contributed by atoms with van der Waals surface area (Å²) in [5, 5.41) is 2.67. The highest BCUT2D eigenvalue weighted by molar-refractivity contribution is 6.31. The molecule has 132 valence electrons. The van der Waals surface area contributed by atoms with Crippen LogP contribution in [0.5, 0.6) is 5.75 Å².